The third kappa shape index (κ3) is 5.04. The number of halogens is 3. The summed E-state index contributed by atoms with van der Waals surface area (Å²) in [6.45, 7) is 1.83. The summed E-state index contributed by atoms with van der Waals surface area (Å²) in [6, 6.07) is 13.0. The summed E-state index contributed by atoms with van der Waals surface area (Å²) in [6.07, 6.45) is 1.02. The minimum absolute atomic E-state index is 0.0816. The van der Waals surface area contributed by atoms with Gasteiger partial charge in [0.15, 0.2) is 0 Å². The van der Waals surface area contributed by atoms with Gasteiger partial charge in [-0.15, -0.1) is 0 Å². The number of benzene rings is 2. The van der Waals surface area contributed by atoms with Gasteiger partial charge in [-0.25, -0.2) is 9.11 Å². The molecule has 0 radical (unpaired) electrons. The van der Waals surface area contributed by atoms with Crippen molar-refractivity contribution in [2.75, 3.05) is 24.9 Å². The zero-order valence-corrected chi connectivity index (χ0v) is 19.2. The van der Waals surface area contributed by atoms with Crippen molar-refractivity contribution in [2.45, 2.75) is 16.7 Å². The summed E-state index contributed by atoms with van der Waals surface area (Å²) in [5.41, 5.74) is 1.27. The van der Waals surface area contributed by atoms with Gasteiger partial charge in [-0.3, -0.25) is 0 Å². The van der Waals surface area contributed by atoms with Gasteiger partial charge in [-0.1, -0.05) is 46.7 Å². The molecule has 4 rings (SSSR count). The summed E-state index contributed by atoms with van der Waals surface area (Å²) >= 11 is 12.3. The van der Waals surface area contributed by atoms with E-state index in [9.17, 15) is 8.94 Å². The lowest BCUT2D eigenvalue weighted by atomic mass is 10.2. The van der Waals surface area contributed by atoms with Crippen molar-refractivity contribution < 1.29 is 13.7 Å². The van der Waals surface area contributed by atoms with Gasteiger partial charge >= 0.3 is 0 Å². The van der Waals surface area contributed by atoms with E-state index in [2.05, 4.69) is 16.7 Å². The molecule has 4 nitrogen and oxygen atoms in total. The maximum atomic E-state index is 13.5. The van der Waals surface area contributed by atoms with Crippen LogP contribution in [0.1, 0.15) is 6.42 Å². The fraction of sp³-hybridized carbons (Fsp3) is 0.238. The number of anilines is 1. The predicted octanol–water partition coefficient (Wildman–Crippen LogP) is 6.08. The molecule has 0 amide bonds. The van der Waals surface area contributed by atoms with Gasteiger partial charge in [-0.2, -0.15) is 0 Å². The van der Waals surface area contributed by atoms with E-state index in [0.29, 0.717) is 36.1 Å². The fourth-order valence-corrected chi connectivity index (χ4v) is 6.00. The van der Waals surface area contributed by atoms with E-state index < -0.39 is 11.4 Å². The highest BCUT2D eigenvalue weighted by atomic mass is 35.5. The van der Waals surface area contributed by atoms with Gasteiger partial charge in [0.25, 0.3) is 0 Å². The summed E-state index contributed by atoms with van der Waals surface area (Å²) in [4.78, 5) is 2.87. The summed E-state index contributed by atoms with van der Waals surface area (Å²) in [5.74, 6) is 0.212. The monoisotopic (exact) mass is 484 g/mol. The number of thiophene rings is 1. The van der Waals surface area contributed by atoms with Crippen LogP contribution in [0.3, 0.4) is 0 Å². The van der Waals surface area contributed by atoms with Crippen molar-refractivity contribution >= 4 is 51.6 Å². The third-order valence-corrected chi connectivity index (χ3v) is 8.03. The van der Waals surface area contributed by atoms with Crippen LogP contribution in [0, 0.1) is 5.82 Å². The highest BCUT2D eigenvalue weighted by molar-refractivity contribution is 7.94. The number of likely N-dealkylation sites (N-methyl/N-ethyl adjacent to an activating group) is 1. The molecule has 1 aliphatic rings. The molecule has 9 heteroatoms. The van der Waals surface area contributed by atoms with E-state index >= 15 is 0 Å². The molecule has 2 aromatic carbocycles. The number of hydrogen-bond acceptors (Lipinski definition) is 5. The second kappa shape index (κ2) is 9.34. The van der Waals surface area contributed by atoms with Crippen molar-refractivity contribution in [3.05, 3.63) is 64.4 Å². The van der Waals surface area contributed by atoms with E-state index in [4.69, 9.17) is 27.9 Å². The average Bonchev–Trinajstić information content (AvgIpc) is 3.30. The topological polar surface area (TPSA) is 47.6 Å². The number of rotatable bonds is 6. The van der Waals surface area contributed by atoms with Gasteiger partial charge in [0.1, 0.15) is 29.0 Å². The standard InChI is InChI=1S/C21H19Cl2FN2O2S2/c1-26-8-7-16(12-26)28-19-10-15(5-6-17(19)22)25-30(27)20-11-18(23)21(29-20)13-3-2-4-14(24)9-13/h2-6,9-11,16,25H,7-8,12H2,1H3/t16-,30?/m1/s1. The highest BCUT2D eigenvalue weighted by Gasteiger charge is 2.23. The van der Waals surface area contributed by atoms with Crippen LogP contribution in [0.15, 0.2) is 52.7 Å². The second-order valence-corrected chi connectivity index (χ2v) is 10.4. The molecule has 0 saturated carbocycles. The number of ether oxygens (including phenoxy) is 1. The van der Waals surface area contributed by atoms with Gasteiger partial charge < -0.3 is 14.2 Å². The molecule has 0 bridgehead atoms. The Labute approximate surface area is 191 Å². The predicted molar refractivity (Wildman–Crippen MR) is 123 cm³/mol. The number of nitrogens with zero attached hydrogens (tertiary/aromatic N) is 1. The molecule has 3 aromatic rings. The lowest BCUT2D eigenvalue weighted by Gasteiger charge is -2.16. The zero-order valence-electron chi connectivity index (χ0n) is 16.0. The van der Waals surface area contributed by atoms with Crippen LogP contribution in [-0.2, 0) is 11.4 Å². The summed E-state index contributed by atoms with van der Waals surface area (Å²) < 4.78 is 35.9. The van der Waals surface area contributed by atoms with E-state index in [1.807, 2.05) is 0 Å². The van der Waals surface area contributed by atoms with E-state index in [1.54, 1.807) is 36.4 Å². The van der Waals surface area contributed by atoms with E-state index in [-0.39, 0.29) is 11.9 Å². The Morgan fingerprint density at radius 1 is 1.20 bits per heavy atom. The molecule has 0 spiro atoms. The van der Waals surface area contributed by atoms with E-state index in [0.717, 1.165) is 19.5 Å². The van der Waals surface area contributed by atoms with Crippen LogP contribution in [0.4, 0.5) is 10.1 Å². The van der Waals surface area contributed by atoms with Crippen molar-refractivity contribution in [2.24, 2.45) is 0 Å². The van der Waals surface area contributed by atoms with Crippen LogP contribution in [0.25, 0.3) is 10.4 Å². The SMILES string of the molecule is CN1CC[C@@H](Oc2cc(N[S+]([O-])c3cc(Cl)c(-c4cccc(F)c4)s3)ccc2Cl)C1. The zero-order chi connectivity index (χ0) is 21.3. The minimum atomic E-state index is -1.54. The van der Waals surface area contributed by atoms with Crippen LogP contribution >= 0.6 is 34.5 Å². The molecular formula is C21H19Cl2FN2O2S2. The largest absolute Gasteiger partial charge is 0.587 e. The molecule has 0 aliphatic carbocycles. The first-order chi connectivity index (χ1) is 14.4. The quantitative estimate of drug-likeness (QED) is 0.430. The van der Waals surface area contributed by atoms with Crippen molar-refractivity contribution in [3.8, 4) is 16.2 Å². The Morgan fingerprint density at radius 2 is 2.03 bits per heavy atom. The maximum absolute atomic E-state index is 13.5. The van der Waals surface area contributed by atoms with Crippen molar-refractivity contribution in [1.82, 2.24) is 4.90 Å². The number of nitrogens with one attached hydrogen (secondary N) is 1. The molecule has 1 aliphatic heterocycles. The Balaban J connectivity index is 1.49. The number of likely N-dealkylation sites (tertiary alicyclic amines) is 1. The Bertz CT molecular complexity index is 1050. The molecule has 1 saturated heterocycles. The Hall–Kier alpha value is -1.48. The third-order valence-electron chi connectivity index (χ3n) is 4.72. The molecule has 1 unspecified atom stereocenters. The van der Waals surface area contributed by atoms with Crippen LogP contribution in [0.2, 0.25) is 10.0 Å². The molecule has 2 atom stereocenters. The lowest BCUT2D eigenvalue weighted by molar-refractivity contribution is 0.208. The van der Waals surface area contributed by atoms with Crippen LogP contribution < -0.4 is 9.46 Å². The molecule has 2 heterocycles. The highest BCUT2D eigenvalue weighted by Crippen LogP contribution is 2.39. The van der Waals surface area contributed by atoms with E-state index in [1.165, 1.54) is 23.5 Å². The normalized spacial score (nSPS) is 17.8. The summed E-state index contributed by atoms with van der Waals surface area (Å²) in [7, 11) is 2.05. The second-order valence-electron chi connectivity index (χ2n) is 7.06. The molecule has 30 heavy (non-hydrogen) atoms. The van der Waals surface area contributed by atoms with Gasteiger partial charge in [0.05, 0.1) is 20.6 Å². The number of hydrogen-bond donors (Lipinski definition) is 1. The Morgan fingerprint density at radius 3 is 2.77 bits per heavy atom. The first kappa shape index (κ1) is 21.7. The van der Waals surface area contributed by atoms with Crippen LogP contribution in [-0.4, -0.2) is 35.7 Å². The van der Waals surface area contributed by atoms with Gasteiger partial charge in [0, 0.05) is 25.2 Å². The maximum Gasteiger partial charge on any atom is 0.235 e. The van der Waals surface area contributed by atoms with Crippen molar-refractivity contribution in [3.63, 3.8) is 0 Å². The molecule has 1 N–H and O–H groups in total. The molecule has 1 aromatic heterocycles. The fourth-order valence-electron chi connectivity index (χ4n) is 3.25. The molecular weight excluding hydrogens is 466 g/mol. The summed E-state index contributed by atoms with van der Waals surface area (Å²) in [5, 5.41) is 0.940. The lowest BCUT2D eigenvalue weighted by Crippen LogP contribution is -2.21. The molecule has 158 valence electrons. The van der Waals surface area contributed by atoms with Gasteiger partial charge in [-0.05, 0) is 43.3 Å². The van der Waals surface area contributed by atoms with Gasteiger partial charge in [0.2, 0.25) is 4.21 Å². The Kier molecular flexibility index (Phi) is 6.77. The minimum Gasteiger partial charge on any atom is -0.587 e. The first-order valence-corrected chi connectivity index (χ1v) is 12.0. The smallest absolute Gasteiger partial charge is 0.235 e. The van der Waals surface area contributed by atoms with Crippen molar-refractivity contribution in [1.29, 1.82) is 0 Å². The molecule has 1 fully saturated rings. The van der Waals surface area contributed by atoms with Crippen LogP contribution in [0.5, 0.6) is 5.75 Å². The average molecular weight is 485 g/mol. The first-order valence-electron chi connectivity index (χ1n) is 9.27.